The van der Waals surface area contributed by atoms with Gasteiger partial charge in [0.2, 0.25) is 0 Å². The van der Waals surface area contributed by atoms with Crippen LogP contribution in [0.4, 0.5) is 8.78 Å². The molecule has 2 aromatic rings. The summed E-state index contributed by atoms with van der Waals surface area (Å²) in [5.74, 6) is -1.21. The number of aromatic nitrogens is 1. The third-order valence-electron chi connectivity index (χ3n) is 2.72. The Morgan fingerprint density at radius 3 is 2.58 bits per heavy atom. The number of hydrogen-bond acceptors (Lipinski definition) is 2. The van der Waals surface area contributed by atoms with Crippen LogP contribution in [-0.4, -0.2) is 12.0 Å². The van der Waals surface area contributed by atoms with Crippen molar-refractivity contribution in [2.24, 2.45) is 0 Å². The molecule has 100 valence electrons. The van der Waals surface area contributed by atoms with E-state index >= 15 is 0 Å². The average Bonchev–Trinajstić information content (AvgIpc) is 2.39. The molecule has 6 heteroatoms. The van der Waals surface area contributed by atoms with Crippen molar-refractivity contribution in [1.29, 1.82) is 0 Å². The molecule has 1 unspecified atom stereocenters. The van der Waals surface area contributed by atoms with E-state index in [-0.39, 0.29) is 10.0 Å². The first-order valence-corrected chi connectivity index (χ1v) is 7.04. The maximum absolute atomic E-state index is 14.1. The summed E-state index contributed by atoms with van der Waals surface area (Å²) in [7, 11) is 1.64. The van der Waals surface area contributed by atoms with Gasteiger partial charge in [0, 0.05) is 22.4 Å². The zero-order valence-electron chi connectivity index (χ0n) is 9.92. The SMILES string of the molecule is CNC(c1cncc(Br)c1)c1c(F)ccc(Br)c1F. The summed E-state index contributed by atoms with van der Waals surface area (Å²) in [6, 6.07) is 3.74. The number of pyridine rings is 1. The monoisotopic (exact) mass is 390 g/mol. The zero-order chi connectivity index (χ0) is 14.0. The van der Waals surface area contributed by atoms with E-state index < -0.39 is 17.7 Å². The van der Waals surface area contributed by atoms with Crippen LogP contribution in [-0.2, 0) is 0 Å². The van der Waals surface area contributed by atoms with Crippen LogP contribution in [0.2, 0.25) is 0 Å². The van der Waals surface area contributed by atoms with Gasteiger partial charge in [-0.05, 0) is 62.7 Å². The largest absolute Gasteiger partial charge is 0.309 e. The maximum atomic E-state index is 14.1. The van der Waals surface area contributed by atoms with Crippen LogP contribution in [0.5, 0.6) is 0 Å². The van der Waals surface area contributed by atoms with Crippen molar-refractivity contribution in [2.75, 3.05) is 7.05 Å². The minimum absolute atomic E-state index is 0.0308. The van der Waals surface area contributed by atoms with Gasteiger partial charge in [-0.25, -0.2) is 8.78 Å². The molecule has 1 N–H and O–H groups in total. The second kappa shape index (κ2) is 6.07. The first-order valence-electron chi connectivity index (χ1n) is 5.45. The van der Waals surface area contributed by atoms with E-state index in [0.717, 1.165) is 4.47 Å². The molecule has 0 bridgehead atoms. The fraction of sp³-hybridized carbons (Fsp3) is 0.154. The Kier molecular flexibility index (Phi) is 4.65. The highest BCUT2D eigenvalue weighted by atomic mass is 79.9. The molecule has 19 heavy (non-hydrogen) atoms. The van der Waals surface area contributed by atoms with Crippen LogP contribution in [0, 0.1) is 11.6 Å². The van der Waals surface area contributed by atoms with Gasteiger partial charge in [0.05, 0.1) is 10.5 Å². The highest BCUT2D eigenvalue weighted by molar-refractivity contribution is 9.10. The minimum atomic E-state index is -0.612. The molecule has 0 spiro atoms. The molecule has 1 heterocycles. The van der Waals surface area contributed by atoms with Crippen molar-refractivity contribution < 1.29 is 8.78 Å². The third-order valence-corrected chi connectivity index (χ3v) is 3.76. The number of nitrogens with one attached hydrogen (secondary N) is 1. The van der Waals surface area contributed by atoms with Crippen LogP contribution in [0.15, 0.2) is 39.5 Å². The molecule has 0 aliphatic carbocycles. The van der Waals surface area contributed by atoms with Crippen LogP contribution in [0.1, 0.15) is 17.2 Å². The average molecular weight is 392 g/mol. The summed E-state index contributed by atoms with van der Waals surface area (Å²) in [5.41, 5.74) is 0.643. The Bertz CT molecular complexity index is 605. The Hall–Kier alpha value is -0.850. The highest BCUT2D eigenvalue weighted by Gasteiger charge is 2.22. The summed E-state index contributed by atoms with van der Waals surface area (Å²) in [4.78, 5) is 4.02. The third kappa shape index (κ3) is 3.01. The Labute approximate surface area is 126 Å². The lowest BCUT2D eigenvalue weighted by molar-refractivity contribution is 0.518. The smallest absolute Gasteiger partial charge is 0.145 e. The van der Waals surface area contributed by atoms with Crippen molar-refractivity contribution in [1.82, 2.24) is 10.3 Å². The summed E-state index contributed by atoms with van der Waals surface area (Å²) >= 11 is 6.37. The van der Waals surface area contributed by atoms with Gasteiger partial charge in [-0.1, -0.05) is 0 Å². The number of halogens is 4. The normalized spacial score (nSPS) is 12.5. The van der Waals surface area contributed by atoms with Gasteiger partial charge in [0.1, 0.15) is 11.6 Å². The van der Waals surface area contributed by atoms with Crippen molar-refractivity contribution in [3.8, 4) is 0 Å². The summed E-state index contributed by atoms with van der Waals surface area (Å²) in [5, 5.41) is 2.91. The fourth-order valence-electron chi connectivity index (χ4n) is 1.87. The lowest BCUT2D eigenvalue weighted by atomic mass is 9.99. The number of nitrogens with zero attached hydrogens (tertiary/aromatic N) is 1. The van der Waals surface area contributed by atoms with Gasteiger partial charge in [-0.15, -0.1) is 0 Å². The molecule has 0 saturated heterocycles. The predicted octanol–water partition coefficient (Wildman–Crippen LogP) is 4.19. The summed E-state index contributed by atoms with van der Waals surface area (Å²) in [6.45, 7) is 0. The second-order valence-electron chi connectivity index (χ2n) is 3.92. The van der Waals surface area contributed by atoms with Crippen molar-refractivity contribution in [3.63, 3.8) is 0 Å². The van der Waals surface area contributed by atoms with Gasteiger partial charge < -0.3 is 5.32 Å². The van der Waals surface area contributed by atoms with E-state index in [4.69, 9.17) is 0 Å². The molecule has 2 rings (SSSR count). The van der Waals surface area contributed by atoms with Gasteiger partial charge in [-0.2, -0.15) is 0 Å². The molecule has 0 radical (unpaired) electrons. The molecule has 0 saturated carbocycles. The number of rotatable bonds is 3. The predicted molar refractivity (Wildman–Crippen MR) is 76.9 cm³/mol. The van der Waals surface area contributed by atoms with Crippen molar-refractivity contribution in [2.45, 2.75) is 6.04 Å². The Morgan fingerprint density at radius 2 is 1.95 bits per heavy atom. The zero-order valence-corrected chi connectivity index (χ0v) is 13.1. The van der Waals surface area contributed by atoms with E-state index in [2.05, 4.69) is 42.2 Å². The van der Waals surface area contributed by atoms with E-state index in [1.165, 1.54) is 12.1 Å². The number of hydrogen-bond donors (Lipinski definition) is 1. The van der Waals surface area contributed by atoms with Crippen LogP contribution in [0.3, 0.4) is 0 Å². The number of benzene rings is 1. The van der Waals surface area contributed by atoms with E-state index in [1.54, 1.807) is 25.5 Å². The Morgan fingerprint density at radius 1 is 1.21 bits per heavy atom. The molecule has 1 aromatic carbocycles. The molecule has 0 aliphatic heterocycles. The van der Waals surface area contributed by atoms with Gasteiger partial charge in [-0.3, -0.25) is 4.98 Å². The highest BCUT2D eigenvalue weighted by Crippen LogP contribution is 2.31. The fourth-order valence-corrected chi connectivity index (χ4v) is 2.60. The molecule has 2 nitrogen and oxygen atoms in total. The molecular formula is C13H10Br2F2N2. The van der Waals surface area contributed by atoms with E-state index in [1.807, 2.05) is 0 Å². The minimum Gasteiger partial charge on any atom is -0.309 e. The molecule has 1 aromatic heterocycles. The van der Waals surface area contributed by atoms with Gasteiger partial charge in [0.15, 0.2) is 0 Å². The molecular weight excluding hydrogens is 382 g/mol. The summed E-state index contributed by atoms with van der Waals surface area (Å²) in [6.07, 6.45) is 3.19. The van der Waals surface area contributed by atoms with Crippen LogP contribution >= 0.6 is 31.9 Å². The second-order valence-corrected chi connectivity index (χ2v) is 5.69. The van der Waals surface area contributed by atoms with E-state index in [9.17, 15) is 8.78 Å². The topological polar surface area (TPSA) is 24.9 Å². The molecule has 1 atom stereocenters. The lowest BCUT2D eigenvalue weighted by Gasteiger charge is -2.19. The summed E-state index contributed by atoms with van der Waals surface area (Å²) < 4.78 is 29.0. The van der Waals surface area contributed by atoms with Crippen molar-refractivity contribution in [3.05, 3.63) is 62.3 Å². The van der Waals surface area contributed by atoms with Crippen molar-refractivity contribution >= 4 is 31.9 Å². The lowest BCUT2D eigenvalue weighted by Crippen LogP contribution is -2.21. The van der Waals surface area contributed by atoms with Gasteiger partial charge in [0.25, 0.3) is 0 Å². The first-order chi connectivity index (χ1) is 9.04. The molecule has 0 fully saturated rings. The standard InChI is InChI=1S/C13H10Br2F2N2/c1-18-13(7-4-8(14)6-19-5-7)11-10(16)3-2-9(15)12(11)17/h2-6,13,18H,1H3. The van der Waals surface area contributed by atoms with Crippen LogP contribution in [0.25, 0.3) is 0 Å². The maximum Gasteiger partial charge on any atom is 0.145 e. The van der Waals surface area contributed by atoms with Crippen LogP contribution < -0.4 is 5.32 Å². The molecule has 0 aliphatic rings. The Balaban J connectivity index is 2.57. The first kappa shape index (κ1) is 14.6. The molecule has 0 amide bonds. The quantitative estimate of drug-likeness (QED) is 0.793. The van der Waals surface area contributed by atoms with Gasteiger partial charge >= 0.3 is 0 Å². The van der Waals surface area contributed by atoms with E-state index in [0.29, 0.717) is 5.56 Å².